The molecule has 0 unspecified atom stereocenters. The Bertz CT molecular complexity index is 276. The summed E-state index contributed by atoms with van der Waals surface area (Å²) in [4.78, 5) is 4.78. The van der Waals surface area contributed by atoms with E-state index in [4.69, 9.17) is 14.5 Å². The smallest absolute Gasteiger partial charge is 0.191 e. The van der Waals surface area contributed by atoms with Gasteiger partial charge in [-0.25, -0.2) is 0 Å². The molecule has 5 heteroatoms. The zero-order valence-corrected chi connectivity index (χ0v) is 13.3. The highest BCUT2D eigenvalue weighted by atomic mass is 16.5. The summed E-state index contributed by atoms with van der Waals surface area (Å²) >= 11 is 0. The van der Waals surface area contributed by atoms with Crippen molar-refractivity contribution >= 4 is 5.96 Å². The molecular weight excluding hydrogens is 254 g/mol. The summed E-state index contributed by atoms with van der Waals surface area (Å²) in [6.45, 7) is 6.17. The number of nitrogens with one attached hydrogen (secondary N) is 2. The van der Waals surface area contributed by atoms with Gasteiger partial charge in [-0.2, -0.15) is 0 Å². The first kappa shape index (κ1) is 17.2. The van der Waals surface area contributed by atoms with E-state index < -0.39 is 0 Å². The highest BCUT2D eigenvalue weighted by Gasteiger charge is 2.33. The van der Waals surface area contributed by atoms with Crippen LogP contribution in [0.4, 0.5) is 0 Å². The molecule has 0 amide bonds. The Kier molecular flexibility index (Phi) is 8.62. The first-order valence-electron chi connectivity index (χ1n) is 7.76. The van der Waals surface area contributed by atoms with E-state index in [-0.39, 0.29) is 0 Å². The molecule has 0 atom stereocenters. The molecule has 0 radical (unpaired) electrons. The third-order valence-electron chi connectivity index (χ3n) is 4.02. The molecule has 0 aromatic rings. The van der Waals surface area contributed by atoms with Crippen LogP contribution in [0.2, 0.25) is 0 Å². The summed E-state index contributed by atoms with van der Waals surface area (Å²) in [5.41, 5.74) is 0.347. The molecule has 0 aliphatic heterocycles. The highest BCUT2D eigenvalue weighted by molar-refractivity contribution is 5.79. The zero-order chi connectivity index (χ0) is 14.7. The van der Waals surface area contributed by atoms with Gasteiger partial charge >= 0.3 is 0 Å². The molecule has 1 saturated carbocycles. The van der Waals surface area contributed by atoms with Crippen molar-refractivity contribution < 1.29 is 9.47 Å². The molecule has 1 aliphatic rings. The lowest BCUT2D eigenvalue weighted by Gasteiger charge is -2.27. The normalized spacial score (nSPS) is 18.2. The summed E-state index contributed by atoms with van der Waals surface area (Å²) < 4.78 is 10.3. The lowest BCUT2D eigenvalue weighted by Crippen LogP contribution is -2.40. The summed E-state index contributed by atoms with van der Waals surface area (Å²) in [6.07, 6.45) is 6.32. The topological polar surface area (TPSA) is 54.9 Å². The molecule has 1 aliphatic carbocycles. The third-order valence-corrected chi connectivity index (χ3v) is 4.02. The quantitative estimate of drug-likeness (QED) is 0.385. The average molecular weight is 285 g/mol. The SMILES string of the molecule is CCNC(=NCC1(CCOC)CCCC1)NCCOC. The predicted molar refractivity (Wildman–Crippen MR) is 83.3 cm³/mol. The minimum atomic E-state index is 0.347. The zero-order valence-electron chi connectivity index (χ0n) is 13.3. The van der Waals surface area contributed by atoms with Gasteiger partial charge in [-0.1, -0.05) is 12.8 Å². The maximum Gasteiger partial charge on any atom is 0.191 e. The molecule has 0 bridgehead atoms. The largest absolute Gasteiger partial charge is 0.385 e. The Morgan fingerprint density at radius 1 is 1.10 bits per heavy atom. The lowest BCUT2D eigenvalue weighted by atomic mass is 9.83. The van der Waals surface area contributed by atoms with Crippen molar-refractivity contribution in [1.82, 2.24) is 10.6 Å². The maximum absolute atomic E-state index is 5.27. The molecule has 0 aromatic heterocycles. The van der Waals surface area contributed by atoms with E-state index in [1.54, 1.807) is 14.2 Å². The van der Waals surface area contributed by atoms with Crippen LogP contribution in [0, 0.1) is 5.41 Å². The van der Waals surface area contributed by atoms with E-state index in [1.807, 2.05) is 0 Å². The van der Waals surface area contributed by atoms with Crippen LogP contribution in [0.5, 0.6) is 0 Å². The van der Waals surface area contributed by atoms with E-state index in [2.05, 4.69) is 17.6 Å². The monoisotopic (exact) mass is 285 g/mol. The van der Waals surface area contributed by atoms with Crippen LogP contribution in [0.3, 0.4) is 0 Å². The van der Waals surface area contributed by atoms with Crippen LogP contribution in [0.15, 0.2) is 4.99 Å². The van der Waals surface area contributed by atoms with Crippen molar-refractivity contribution in [3.8, 4) is 0 Å². The van der Waals surface area contributed by atoms with Gasteiger partial charge < -0.3 is 20.1 Å². The summed E-state index contributed by atoms with van der Waals surface area (Å²) in [6, 6.07) is 0. The first-order chi connectivity index (χ1) is 9.76. The van der Waals surface area contributed by atoms with Gasteiger partial charge in [0, 0.05) is 40.5 Å². The Hall–Kier alpha value is -0.810. The van der Waals surface area contributed by atoms with Crippen LogP contribution in [-0.2, 0) is 9.47 Å². The maximum atomic E-state index is 5.27. The molecule has 0 aromatic carbocycles. The second-order valence-corrected chi connectivity index (χ2v) is 5.56. The van der Waals surface area contributed by atoms with Gasteiger partial charge in [-0.05, 0) is 31.6 Å². The number of hydrogen-bond acceptors (Lipinski definition) is 3. The van der Waals surface area contributed by atoms with Crippen LogP contribution in [0.25, 0.3) is 0 Å². The number of aliphatic imine (C=N–C) groups is 1. The Morgan fingerprint density at radius 2 is 1.80 bits per heavy atom. The van der Waals surface area contributed by atoms with Crippen LogP contribution in [0.1, 0.15) is 39.0 Å². The summed E-state index contributed by atoms with van der Waals surface area (Å²) in [5, 5.41) is 6.59. The lowest BCUT2D eigenvalue weighted by molar-refractivity contribution is 0.141. The minimum Gasteiger partial charge on any atom is -0.385 e. The highest BCUT2D eigenvalue weighted by Crippen LogP contribution is 2.41. The molecule has 0 spiro atoms. The Labute approximate surface area is 123 Å². The van der Waals surface area contributed by atoms with Gasteiger partial charge in [-0.15, -0.1) is 0 Å². The standard InChI is InChI=1S/C15H31N3O2/c1-4-16-14(17-10-12-20-3)18-13-15(9-11-19-2)7-5-6-8-15/h4-13H2,1-3H3,(H2,16,17,18). The molecule has 0 heterocycles. The van der Waals surface area contributed by atoms with Gasteiger partial charge in [0.25, 0.3) is 0 Å². The van der Waals surface area contributed by atoms with Gasteiger partial charge in [0.15, 0.2) is 5.96 Å². The van der Waals surface area contributed by atoms with Crippen molar-refractivity contribution in [2.75, 3.05) is 47.1 Å². The number of guanidine groups is 1. The van der Waals surface area contributed by atoms with Crippen molar-refractivity contribution in [2.24, 2.45) is 10.4 Å². The molecule has 20 heavy (non-hydrogen) atoms. The average Bonchev–Trinajstić information content (AvgIpc) is 2.92. The van der Waals surface area contributed by atoms with Gasteiger partial charge in [0.2, 0.25) is 0 Å². The fourth-order valence-electron chi connectivity index (χ4n) is 2.79. The first-order valence-corrected chi connectivity index (χ1v) is 7.76. The predicted octanol–water partition coefficient (Wildman–Crippen LogP) is 1.78. The summed E-state index contributed by atoms with van der Waals surface area (Å²) in [7, 11) is 3.49. The molecule has 0 saturated heterocycles. The van der Waals surface area contributed by atoms with Crippen molar-refractivity contribution in [3.63, 3.8) is 0 Å². The fourth-order valence-corrected chi connectivity index (χ4v) is 2.79. The molecule has 1 rings (SSSR count). The second kappa shape index (κ2) is 10.00. The van der Waals surface area contributed by atoms with Crippen molar-refractivity contribution in [1.29, 1.82) is 0 Å². The number of methoxy groups -OCH3 is 2. The third kappa shape index (κ3) is 6.09. The van der Waals surface area contributed by atoms with Crippen molar-refractivity contribution in [2.45, 2.75) is 39.0 Å². The Morgan fingerprint density at radius 3 is 2.40 bits per heavy atom. The minimum absolute atomic E-state index is 0.347. The molecule has 5 nitrogen and oxygen atoms in total. The fraction of sp³-hybridized carbons (Fsp3) is 0.933. The number of rotatable bonds is 9. The Balaban J connectivity index is 2.52. The van der Waals surface area contributed by atoms with E-state index >= 15 is 0 Å². The van der Waals surface area contributed by atoms with E-state index in [9.17, 15) is 0 Å². The molecule has 1 fully saturated rings. The number of nitrogens with zero attached hydrogens (tertiary/aromatic N) is 1. The summed E-state index contributed by atoms with van der Waals surface area (Å²) in [5.74, 6) is 0.897. The molecular formula is C15H31N3O2. The van der Waals surface area contributed by atoms with Gasteiger partial charge in [0.05, 0.1) is 6.61 Å². The van der Waals surface area contributed by atoms with Crippen LogP contribution < -0.4 is 10.6 Å². The molecule has 118 valence electrons. The van der Waals surface area contributed by atoms with Gasteiger partial charge in [-0.3, -0.25) is 4.99 Å². The number of ether oxygens (including phenoxy) is 2. The van der Waals surface area contributed by atoms with Crippen LogP contribution in [-0.4, -0.2) is 53.0 Å². The van der Waals surface area contributed by atoms with Gasteiger partial charge in [0.1, 0.15) is 0 Å². The van der Waals surface area contributed by atoms with Crippen molar-refractivity contribution in [3.05, 3.63) is 0 Å². The van der Waals surface area contributed by atoms with Crippen LogP contribution >= 0.6 is 0 Å². The number of hydrogen-bond donors (Lipinski definition) is 2. The molecule has 2 N–H and O–H groups in total. The van der Waals surface area contributed by atoms with E-state index in [0.717, 1.165) is 38.6 Å². The van der Waals surface area contributed by atoms with E-state index in [0.29, 0.717) is 12.0 Å². The second-order valence-electron chi connectivity index (χ2n) is 5.56. The van der Waals surface area contributed by atoms with E-state index in [1.165, 1.54) is 25.7 Å².